The predicted octanol–water partition coefficient (Wildman–Crippen LogP) is 2.77. The number of carbonyl (C=O) groups excluding carboxylic acids is 2. The van der Waals surface area contributed by atoms with Crippen LogP contribution < -0.4 is 0 Å². The molecule has 1 N–H and O–H groups in total. The molecule has 0 spiro atoms. The quantitative estimate of drug-likeness (QED) is 0.668. The Labute approximate surface area is 105 Å². The standard InChI is InChI=1S/C14H15NO3/c1-4-18-14(17)12-8(2)5-6-10-13(12)9(3)11(7-16)15-10/h5-7,15H,4H2,1-3H3. The molecular weight excluding hydrogens is 230 g/mol. The molecule has 4 nitrogen and oxygen atoms in total. The van der Waals surface area contributed by atoms with Gasteiger partial charge in [0.05, 0.1) is 17.9 Å². The maximum atomic E-state index is 12.0. The maximum Gasteiger partial charge on any atom is 0.339 e. The molecule has 4 heteroatoms. The predicted molar refractivity (Wildman–Crippen MR) is 69.1 cm³/mol. The van der Waals surface area contributed by atoms with Gasteiger partial charge in [0.15, 0.2) is 6.29 Å². The highest BCUT2D eigenvalue weighted by Crippen LogP contribution is 2.27. The average molecular weight is 245 g/mol. The molecule has 18 heavy (non-hydrogen) atoms. The number of aromatic amines is 1. The topological polar surface area (TPSA) is 59.2 Å². The van der Waals surface area contributed by atoms with Gasteiger partial charge in [-0.3, -0.25) is 4.79 Å². The van der Waals surface area contributed by atoms with E-state index >= 15 is 0 Å². The highest BCUT2D eigenvalue weighted by atomic mass is 16.5. The molecule has 0 amide bonds. The van der Waals surface area contributed by atoms with Crippen molar-refractivity contribution in [1.82, 2.24) is 4.98 Å². The Bertz CT molecular complexity index is 625. The molecule has 0 saturated heterocycles. The Hall–Kier alpha value is -2.10. The van der Waals surface area contributed by atoms with E-state index in [0.717, 1.165) is 28.3 Å². The van der Waals surface area contributed by atoms with Gasteiger partial charge in [0, 0.05) is 10.9 Å². The first kappa shape index (κ1) is 12.4. The van der Waals surface area contributed by atoms with Crippen molar-refractivity contribution in [2.24, 2.45) is 0 Å². The molecule has 1 aromatic heterocycles. The number of fused-ring (bicyclic) bond motifs is 1. The number of aryl methyl sites for hydroxylation is 2. The summed E-state index contributed by atoms with van der Waals surface area (Å²) < 4.78 is 5.07. The second-order valence-electron chi connectivity index (χ2n) is 4.18. The number of rotatable bonds is 3. The van der Waals surface area contributed by atoms with Crippen molar-refractivity contribution < 1.29 is 14.3 Å². The first-order valence-electron chi connectivity index (χ1n) is 5.84. The Morgan fingerprint density at radius 3 is 2.72 bits per heavy atom. The summed E-state index contributed by atoms with van der Waals surface area (Å²) >= 11 is 0. The van der Waals surface area contributed by atoms with Gasteiger partial charge in [-0.15, -0.1) is 0 Å². The number of carbonyl (C=O) groups is 2. The van der Waals surface area contributed by atoms with Crippen LogP contribution in [0.4, 0.5) is 0 Å². The number of nitrogens with one attached hydrogen (secondary N) is 1. The monoisotopic (exact) mass is 245 g/mol. The van der Waals surface area contributed by atoms with Crippen LogP contribution in [0, 0.1) is 13.8 Å². The van der Waals surface area contributed by atoms with E-state index in [1.807, 2.05) is 26.0 Å². The lowest BCUT2D eigenvalue weighted by Crippen LogP contribution is -2.07. The van der Waals surface area contributed by atoms with Crippen molar-refractivity contribution >= 4 is 23.2 Å². The summed E-state index contributed by atoms with van der Waals surface area (Å²) in [5.41, 5.74) is 3.45. The summed E-state index contributed by atoms with van der Waals surface area (Å²) in [7, 11) is 0. The molecule has 1 heterocycles. The highest BCUT2D eigenvalue weighted by molar-refractivity contribution is 6.08. The molecule has 2 rings (SSSR count). The van der Waals surface area contributed by atoms with Gasteiger partial charge in [0.2, 0.25) is 0 Å². The Balaban J connectivity index is 2.77. The van der Waals surface area contributed by atoms with E-state index in [1.165, 1.54) is 0 Å². The number of hydrogen-bond donors (Lipinski definition) is 1. The van der Waals surface area contributed by atoms with Crippen molar-refractivity contribution in [3.63, 3.8) is 0 Å². The Morgan fingerprint density at radius 1 is 1.39 bits per heavy atom. The minimum atomic E-state index is -0.347. The normalized spacial score (nSPS) is 10.6. The van der Waals surface area contributed by atoms with Crippen LogP contribution in [0.15, 0.2) is 12.1 Å². The van der Waals surface area contributed by atoms with E-state index in [0.29, 0.717) is 17.9 Å². The van der Waals surface area contributed by atoms with Gasteiger partial charge in [0.25, 0.3) is 0 Å². The Kier molecular flexibility index (Phi) is 3.19. The van der Waals surface area contributed by atoms with Gasteiger partial charge in [-0.05, 0) is 38.0 Å². The number of hydrogen-bond acceptors (Lipinski definition) is 3. The van der Waals surface area contributed by atoms with Crippen LogP contribution in [0.2, 0.25) is 0 Å². The molecule has 94 valence electrons. The Morgan fingerprint density at radius 2 is 2.11 bits per heavy atom. The first-order chi connectivity index (χ1) is 8.60. The maximum absolute atomic E-state index is 12.0. The van der Waals surface area contributed by atoms with E-state index in [9.17, 15) is 9.59 Å². The summed E-state index contributed by atoms with van der Waals surface area (Å²) in [5, 5.41) is 0.774. The molecule has 0 aliphatic rings. The van der Waals surface area contributed by atoms with Crippen LogP contribution in [0.5, 0.6) is 0 Å². The van der Waals surface area contributed by atoms with E-state index in [1.54, 1.807) is 6.92 Å². The number of esters is 1. The average Bonchev–Trinajstić information content (AvgIpc) is 2.67. The zero-order valence-corrected chi connectivity index (χ0v) is 10.7. The smallest absolute Gasteiger partial charge is 0.339 e. The van der Waals surface area contributed by atoms with Crippen molar-refractivity contribution in [3.05, 3.63) is 34.5 Å². The zero-order chi connectivity index (χ0) is 13.3. The van der Waals surface area contributed by atoms with Crippen LogP contribution in [-0.2, 0) is 4.74 Å². The summed E-state index contributed by atoms with van der Waals surface area (Å²) in [6.07, 6.45) is 0.763. The van der Waals surface area contributed by atoms with Crippen LogP contribution in [0.3, 0.4) is 0 Å². The van der Waals surface area contributed by atoms with E-state index in [4.69, 9.17) is 4.74 Å². The van der Waals surface area contributed by atoms with Gasteiger partial charge in [-0.25, -0.2) is 4.79 Å². The van der Waals surface area contributed by atoms with Gasteiger partial charge in [-0.2, -0.15) is 0 Å². The molecule has 0 saturated carbocycles. The van der Waals surface area contributed by atoms with E-state index in [2.05, 4.69) is 4.98 Å². The third-order valence-corrected chi connectivity index (χ3v) is 3.06. The molecule has 1 aromatic carbocycles. The molecule has 0 fully saturated rings. The molecule has 0 aliphatic heterocycles. The van der Waals surface area contributed by atoms with Gasteiger partial charge < -0.3 is 9.72 Å². The number of aldehydes is 1. The third kappa shape index (κ3) is 1.79. The number of aromatic nitrogens is 1. The van der Waals surface area contributed by atoms with Crippen molar-refractivity contribution in [3.8, 4) is 0 Å². The first-order valence-corrected chi connectivity index (χ1v) is 5.84. The van der Waals surface area contributed by atoms with Crippen LogP contribution in [0.25, 0.3) is 10.9 Å². The minimum absolute atomic E-state index is 0.332. The lowest BCUT2D eigenvalue weighted by molar-refractivity contribution is 0.0527. The highest BCUT2D eigenvalue weighted by Gasteiger charge is 2.19. The fourth-order valence-corrected chi connectivity index (χ4v) is 2.16. The molecule has 0 unspecified atom stereocenters. The lowest BCUT2D eigenvalue weighted by atomic mass is 10.0. The van der Waals surface area contributed by atoms with Crippen molar-refractivity contribution in [2.45, 2.75) is 20.8 Å². The summed E-state index contributed by atoms with van der Waals surface area (Å²) in [4.78, 5) is 25.9. The minimum Gasteiger partial charge on any atom is -0.462 e. The van der Waals surface area contributed by atoms with Gasteiger partial charge in [-0.1, -0.05) is 6.07 Å². The molecule has 2 aromatic rings. The lowest BCUT2D eigenvalue weighted by Gasteiger charge is -2.07. The fourth-order valence-electron chi connectivity index (χ4n) is 2.16. The SMILES string of the molecule is CCOC(=O)c1c(C)ccc2[nH]c(C=O)c(C)c12. The van der Waals surface area contributed by atoms with Crippen molar-refractivity contribution in [1.29, 1.82) is 0 Å². The number of benzene rings is 1. The summed E-state index contributed by atoms with van der Waals surface area (Å²) in [6.45, 7) is 5.79. The largest absolute Gasteiger partial charge is 0.462 e. The molecule has 0 bridgehead atoms. The summed E-state index contributed by atoms with van der Waals surface area (Å²) in [6, 6.07) is 3.71. The third-order valence-electron chi connectivity index (χ3n) is 3.06. The molecular formula is C14H15NO3. The zero-order valence-electron chi connectivity index (χ0n) is 10.7. The molecule has 0 radical (unpaired) electrons. The van der Waals surface area contributed by atoms with Gasteiger partial charge in [0.1, 0.15) is 0 Å². The van der Waals surface area contributed by atoms with Crippen LogP contribution in [0.1, 0.15) is 38.9 Å². The molecule has 0 atom stereocenters. The number of H-pyrrole nitrogens is 1. The van der Waals surface area contributed by atoms with E-state index in [-0.39, 0.29) is 5.97 Å². The van der Waals surface area contributed by atoms with Gasteiger partial charge >= 0.3 is 5.97 Å². The summed E-state index contributed by atoms with van der Waals surface area (Å²) in [5.74, 6) is -0.347. The van der Waals surface area contributed by atoms with E-state index < -0.39 is 0 Å². The van der Waals surface area contributed by atoms with Crippen LogP contribution >= 0.6 is 0 Å². The van der Waals surface area contributed by atoms with Crippen molar-refractivity contribution in [2.75, 3.05) is 6.61 Å². The van der Waals surface area contributed by atoms with Crippen LogP contribution in [-0.4, -0.2) is 23.8 Å². The second kappa shape index (κ2) is 4.64. The fraction of sp³-hybridized carbons (Fsp3) is 0.286. The second-order valence-corrected chi connectivity index (χ2v) is 4.18. The number of ether oxygens (including phenoxy) is 1. The molecule has 0 aliphatic carbocycles.